The zero-order valence-electron chi connectivity index (χ0n) is 11.1. The summed E-state index contributed by atoms with van der Waals surface area (Å²) in [5, 5.41) is 0. The fourth-order valence-corrected chi connectivity index (χ4v) is 2.73. The van der Waals surface area contributed by atoms with Crippen molar-refractivity contribution in [3.05, 3.63) is 0 Å². The van der Waals surface area contributed by atoms with Gasteiger partial charge in [0.15, 0.2) is 5.96 Å². The molecule has 2 fully saturated rings. The van der Waals surface area contributed by atoms with Gasteiger partial charge in [0, 0.05) is 19.6 Å². The monoisotopic (exact) mass is 367 g/mol. The lowest BCUT2D eigenvalue weighted by Gasteiger charge is -2.27. The first-order valence-corrected chi connectivity index (χ1v) is 6.99. The lowest BCUT2D eigenvalue weighted by molar-refractivity contribution is 0.0674. The molecule has 18 heavy (non-hydrogen) atoms. The molecule has 1 saturated carbocycles. The van der Waals surface area contributed by atoms with Crippen LogP contribution in [0.4, 0.5) is 0 Å². The van der Waals surface area contributed by atoms with Crippen LogP contribution in [0.3, 0.4) is 0 Å². The highest BCUT2D eigenvalue weighted by Gasteiger charge is 2.14. The van der Waals surface area contributed by atoms with Gasteiger partial charge in [-0.15, -0.1) is 24.0 Å². The molecule has 2 N–H and O–H groups in total. The smallest absolute Gasteiger partial charge is 0.191 e. The molecule has 1 aliphatic heterocycles. The molecule has 2 rings (SSSR count). The Morgan fingerprint density at radius 1 is 1.17 bits per heavy atom. The van der Waals surface area contributed by atoms with Gasteiger partial charge >= 0.3 is 0 Å². The standard InChI is InChI=1S/C13H25N3O.HI/c14-13(16-8-10-17-11-9-16)15-7-6-12-4-2-1-3-5-12;/h12H,1-11H2,(H2,14,15);1H. The summed E-state index contributed by atoms with van der Waals surface area (Å²) in [6.45, 7) is 4.23. The van der Waals surface area contributed by atoms with E-state index in [1.54, 1.807) is 0 Å². The van der Waals surface area contributed by atoms with Crippen molar-refractivity contribution >= 4 is 29.9 Å². The van der Waals surface area contributed by atoms with Crippen molar-refractivity contribution in [2.75, 3.05) is 32.8 Å². The van der Waals surface area contributed by atoms with Crippen molar-refractivity contribution in [1.29, 1.82) is 0 Å². The summed E-state index contributed by atoms with van der Waals surface area (Å²) in [6.07, 6.45) is 8.25. The highest BCUT2D eigenvalue weighted by molar-refractivity contribution is 14.0. The Hall–Kier alpha value is -0.0400. The first-order valence-electron chi connectivity index (χ1n) is 6.99. The van der Waals surface area contributed by atoms with E-state index in [4.69, 9.17) is 10.5 Å². The van der Waals surface area contributed by atoms with E-state index >= 15 is 0 Å². The second-order valence-corrected chi connectivity index (χ2v) is 5.13. The molecule has 0 atom stereocenters. The minimum Gasteiger partial charge on any atom is -0.378 e. The number of hydrogen-bond acceptors (Lipinski definition) is 2. The first-order chi connectivity index (χ1) is 8.36. The average molecular weight is 367 g/mol. The van der Waals surface area contributed by atoms with Gasteiger partial charge < -0.3 is 15.4 Å². The maximum Gasteiger partial charge on any atom is 0.191 e. The Morgan fingerprint density at radius 3 is 2.50 bits per heavy atom. The largest absolute Gasteiger partial charge is 0.378 e. The zero-order valence-corrected chi connectivity index (χ0v) is 13.5. The molecule has 4 nitrogen and oxygen atoms in total. The fraction of sp³-hybridized carbons (Fsp3) is 0.923. The molecule has 1 heterocycles. The predicted molar refractivity (Wildman–Crippen MR) is 85.5 cm³/mol. The molecular weight excluding hydrogens is 341 g/mol. The summed E-state index contributed by atoms with van der Waals surface area (Å²) in [5.74, 6) is 1.61. The minimum atomic E-state index is 0. The van der Waals surface area contributed by atoms with Gasteiger partial charge in [-0.25, -0.2) is 0 Å². The second kappa shape index (κ2) is 8.96. The molecule has 0 aromatic carbocycles. The third-order valence-electron chi connectivity index (χ3n) is 3.87. The highest BCUT2D eigenvalue weighted by atomic mass is 127. The predicted octanol–water partition coefficient (Wildman–Crippen LogP) is 2.22. The SMILES string of the molecule is I.NC(=NCCC1CCCCC1)N1CCOCC1. The summed E-state index contributed by atoms with van der Waals surface area (Å²) in [7, 11) is 0. The summed E-state index contributed by atoms with van der Waals surface area (Å²) < 4.78 is 5.30. The molecule has 1 aliphatic carbocycles. The number of rotatable bonds is 3. The maximum absolute atomic E-state index is 5.98. The van der Waals surface area contributed by atoms with Gasteiger partial charge in [-0.3, -0.25) is 4.99 Å². The van der Waals surface area contributed by atoms with E-state index in [1.165, 1.54) is 38.5 Å². The van der Waals surface area contributed by atoms with Gasteiger partial charge in [0.2, 0.25) is 0 Å². The van der Waals surface area contributed by atoms with Gasteiger partial charge in [-0.1, -0.05) is 32.1 Å². The van der Waals surface area contributed by atoms with Crippen molar-refractivity contribution in [3.8, 4) is 0 Å². The van der Waals surface area contributed by atoms with Gasteiger partial charge in [0.05, 0.1) is 13.2 Å². The van der Waals surface area contributed by atoms with E-state index < -0.39 is 0 Å². The fourth-order valence-electron chi connectivity index (χ4n) is 2.73. The number of nitrogens with zero attached hydrogens (tertiary/aromatic N) is 2. The van der Waals surface area contributed by atoms with E-state index in [1.807, 2.05) is 0 Å². The van der Waals surface area contributed by atoms with Crippen LogP contribution in [0.5, 0.6) is 0 Å². The Balaban J connectivity index is 0.00000162. The van der Waals surface area contributed by atoms with Crippen LogP contribution in [-0.4, -0.2) is 43.7 Å². The van der Waals surface area contributed by atoms with Crippen molar-refractivity contribution in [2.45, 2.75) is 38.5 Å². The molecule has 0 unspecified atom stereocenters. The van der Waals surface area contributed by atoms with E-state index in [0.717, 1.165) is 38.8 Å². The Morgan fingerprint density at radius 2 is 1.83 bits per heavy atom. The normalized spacial score (nSPS) is 22.7. The molecule has 5 heteroatoms. The zero-order chi connectivity index (χ0) is 11.9. The second-order valence-electron chi connectivity index (χ2n) is 5.13. The molecule has 0 radical (unpaired) electrons. The molecule has 0 amide bonds. The summed E-state index contributed by atoms with van der Waals surface area (Å²) >= 11 is 0. The number of ether oxygens (including phenoxy) is 1. The van der Waals surface area contributed by atoms with Crippen molar-refractivity contribution < 1.29 is 4.74 Å². The average Bonchev–Trinajstić information content (AvgIpc) is 2.41. The van der Waals surface area contributed by atoms with Crippen molar-refractivity contribution in [2.24, 2.45) is 16.6 Å². The van der Waals surface area contributed by atoms with E-state index in [0.29, 0.717) is 5.96 Å². The minimum absolute atomic E-state index is 0. The molecule has 0 spiro atoms. The van der Waals surface area contributed by atoms with Crippen LogP contribution in [0, 0.1) is 5.92 Å². The van der Waals surface area contributed by atoms with Crippen LogP contribution in [0.25, 0.3) is 0 Å². The topological polar surface area (TPSA) is 50.8 Å². The summed E-state index contributed by atoms with van der Waals surface area (Å²) in [4.78, 5) is 6.64. The lowest BCUT2D eigenvalue weighted by atomic mass is 9.87. The highest BCUT2D eigenvalue weighted by Crippen LogP contribution is 2.26. The maximum atomic E-state index is 5.98. The first kappa shape index (κ1) is 16.0. The lowest BCUT2D eigenvalue weighted by Crippen LogP contribution is -2.44. The number of morpholine rings is 1. The quantitative estimate of drug-likeness (QED) is 0.473. The Bertz CT molecular complexity index is 249. The van der Waals surface area contributed by atoms with E-state index in [-0.39, 0.29) is 24.0 Å². The van der Waals surface area contributed by atoms with Crippen LogP contribution in [-0.2, 0) is 4.74 Å². The van der Waals surface area contributed by atoms with Crippen LogP contribution >= 0.6 is 24.0 Å². The van der Waals surface area contributed by atoms with Crippen LogP contribution in [0.2, 0.25) is 0 Å². The number of guanidine groups is 1. The molecule has 106 valence electrons. The molecule has 0 aromatic rings. The number of hydrogen-bond donors (Lipinski definition) is 1. The Kier molecular flexibility index (Phi) is 7.97. The van der Waals surface area contributed by atoms with E-state index in [2.05, 4.69) is 9.89 Å². The molecular formula is C13H26IN3O. The molecule has 0 bridgehead atoms. The number of aliphatic imine (C=N–C) groups is 1. The molecule has 1 saturated heterocycles. The summed E-state index contributed by atoms with van der Waals surface area (Å²) in [6, 6.07) is 0. The van der Waals surface area contributed by atoms with Crippen molar-refractivity contribution in [3.63, 3.8) is 0 Å². The van der Waals surface area contributed by atoms with Crippen LogP contribution < -0.4 is 5.73 Å². The van der Waals surface area contributed by atoms with Crippen LogP contribution in [0.1, 0.15) is 38.5 Å². The van der Waals surface area contributed by atoms with Crippen LogP contribution in [0.15, 0.2) is 4.99 Å². The van der Waals surface area contributed by atoms with Gasteiger partial charge in [0.25, 0.3) is 0 Å². The molecule has 2 aliphatic rings. The third-order valence-corrected chi connectivity index (χ3v) is 3.87. The van der Waals surface area contributed by atoms with E-state index in [9.17, 15) is 0 Å². The summed E-state index contributed by atoms with van der Waals surface area (Å²) in [5.41, 5.74) is 5.98. The van der Waals surface area contributed by atoms with Gasteiger partial charge in [-0.05, 0) is 12.3 Å². The van der Waals surface area contributed by atoms with Gasteiger partial charge in [-0.2, -0.15) is 0 Å². The Labute approximate surface area is 127 Å². The third kappa shape index (κ3) is 5.30. The van der Waals surface area contributed by atoms with Crippen molar-refractivity contribution in [1.82, 2.24) is 4.90 Å². The molecule has 0 aromatic heterocycles. The van der Waals surface area contributed by atoms with Gasteiger partial charge in [0.1, 0.15) is 0 Å². The number of nitrogens with two attached hydrogens (primary N) is 1. The number of halogens is 1.